The highest BCUT2D eigenvalue weighted by molar-refractivity contribution is 5.85. The van der Waals surface area contributed by atoms with Crippen molar-refractivity contribution in [1.29, 1.82) is 0 Å². The first-order valence-corrected chi connectivity index (χ1v) is 8.87. The van der Waals surface area contributed by atoms with Crippen molar-refractivity contribution in [2.24, 2.45) is 0 Å². The van der Waals surface area contributed by atoms with Gasteiger partial charge in [-0.15, -0.1) is 0 Å². The lowest BCUT2D eigenvalue weighted by atomic mass is 9.86. The third-order valence-electron chi connectivity index (χ3n) is 4.57. The first kappa shape index (κ1) is 20.4. The van der Waals surface area contributed by atoms with Gasteiger partial charge in [-0.2, -0.15) is 0 Å². The normalized spacial score (nSPS) is 12.2. The van der Waals surface area contributed by atoms with E-state index in [-0.39, 0.29) is 17.7 Å². The summed E-state index contributed by atoms with van der Waals surface area (Å²) in [4.78, 5) is 24.4. The van der Waals surface area contributed by atoms with Crippen molar-refractivity contribution < 1.29 is 28.2 Å². The Labute approximate surface area is 166 Å². The number of esters is 1. The van der Waals surface area contributed by atoms with Gasteiger partial charge in [-0.1, -0.05) is 54.6 Å². The van der Waals surface area contributed by atoms with E-state index in [4.69, 9.17) is 4.74 Å². The van der Waals surface area contributed by atoms with Crippen LogP contribution in [0.2, 0.25) is 0 Å². The van der Waals surface area contributed by atoms with Gasteiger partial charge in [-0.3, -0.25) is 0 Å². The predicted octanol–water partition coefficient (Wildman–Crippen LogP) is 3.73. The largest absolute Gasteiger partial charge is 0.462 e. The molecule has 3 aromatic rings. The van der Waals surface area contributed by atoms with Crippen LogP contribution in [0, 0.1) is 11.6 Å². The average molecular weight is 396 g/mol. The lowest BCUT2D eigenvalue weighted by Gasteiger charge is -2.27. The highest BCUT2D eigenvalue weighted by atomic mass is 19.1. The molecular weight excluding hydrogens is 378 g/mol. The molecule has 0 amide bonds. The topological polar surface area (TPSA) is 63.6 Å². The third kappa shape index (κ3) is 4.38. The number of carbonyl (C=O) groups is 2. The number of benzene rings is 3. The van der Waals surface area contributed by atoms with E-state index >= 15 is 0 Å². The monoisotopic (exact) mass is 396 g/mol. The Bertz CT molecular complexity index is 959. The third-order valence-corrected chi connectivity index (χ3v) is 4.57. The number of ether oxygens (including phenoxy) is 1. The molecule has 1 N–H and O–H groups in total. The Balaban J connectivity index is 1.94. The van der Waals surface area contributed by atoms with Crippen LogP contribution in [0.5, 0.6) is 0 Å². The second-order valence-electron chi connectivity index (χ2n) is 6.48. The summed E-state index contributed by atoms with van der Waals surface area (Å²) < 4.78 is 32.8. The number of aldehydes is 1. The van der Waals surface area contributed by atoms with Crippen LogP contribution >= 0.6 is 0 Å². The molecule has 0 radical (unpaired) electrons. The van der Waals surface area contributed by atoms with Crippen LogP contribution in [0.25, 0.3) is 0 Å². The van der Waals surface area contributed by atoms with Gasteiger partial charge in [-0.05, 0) is 29.8 Å². The molecule has 3 aromatic carbocycles. The number of hydrogen-bond donors (Lipinski definition) is 1. The van der Waals surface area contributed by atoms with Gasteiger partial charge in [0.1, 0.15) is 24.5 Å². The number of halogens is 2. The van der Waals surface area contributed by atoms with Gasteiger partial charge in [0.05, 0.1) is 5.92 Å². The van der Waals surface area contributed by atoms with Gasteiger partial charge >= 0.3 is 5.97 Å². The zero-order valence-corrected chi connectivity index (χ0v) is 15.3. The van der Waals surface area contributed by atoms with Gasteiger partial charge in [0, 0.05) is 11.1 Å². The molecule has 1 unspecified atom stereocenters. The molecule has 0 saturated heterocycles. The molecule has 0 heterocycles. The number of rotatable bonds is 7. The van der Waals surface area contributed by atoms with Crippen molar-refractivity contribution in [3.8, 4) is 0 Å². The van der Waals surface area contributed by atoms with Crippen molar-refractivity contribution in [3.05, 3.63) is 107 Å². The zero-order valence-electron chi connectivity index (χ0n) is 15.3. The summed E-state index contributed by atoms with van der Waals surface area (Å²) in [6, 6.07) is 18.2. The fourth-order valence-corrected chi connectivity index (χ4v) is 3.01. The maximum atomic E-state index is 13.8. The highest BCUT2D eigenvalue weighted by Crippen LogP contribution is 2.32. The van der Waals surface area contributed by atoms with E-state index in [2.05, 4.69) is 0 Å². The van der Waals surface area contributed by atoms with E-state index in [0.717, 1.165) is 24.3 Å². The molecule has 0 bridgehead atoms. The van der Waals surface area contributed by atoms with Gasteiger partial charge in [0.25, 0.3) is 0 Å². The standard InChI is InChI=1S/C23H18F2O4/c24-20-10-4-8-18(12-20)23(28,19-9-5-11-21(25)13-19)22(27)29-15-17(14-26)16-6-2-1-3-7-16/h1-14,17,28H,15H2. The lowest BCUT2D eigenvalue weighted by Crippen LogP contribution is -2.39. The first-order chi connectivity index (χ1) is 13.9. The molecule has 0 aliphatic heterocycles. The van der Waals surface area contributed by atoms with Gasteiger partial charge in [-0.25, -0.2) is 13.6 Å². The van der Waals surface area contributed by atoms with E-state index < -0.39 is 29.1 Å². The van der Waals surface area contributed by atoms with Crippen LogP contribution in [0.1, 0.15) is 22.6 Å². The molecule has 0 aliphatic rings. The summed E-state index contributed by atoms with van der Waals surface area (Å²) in [6.45, 7) is -0.334. The Morgan fingerprint density at radius 2 is 1.48 bits per heavy atom. The minimum Gasteiger partial charge on any atom is -0.462 e. The van der Waals surface area contributed by atoms with Crippen LogP contribution in [-0.2, 0) is 19.9 Å². The van der Waals surface area contributed by atoms with E-state index in [1.54, 1.807) is 30.3 Å². The molecule has 29 heavy (non-hydrogen) atoms. The van der Waals surface area contributed by atoms with E-state index in [1.165, 1.54) is 24.3 Å². The summed E-state index contributed by atoms with van der Waals surface area (Å²) in [5.41, 5.74) is -2.05. The number of carbonyl (C=O) groups excluding carboxylic acids is 2. The first-order valence-electron chi connectivity index (χ1n) is 8.87. The van der Waals surface area contributed by atoms with Crippen LogP contribution < -0.4 is 0 Å². The summed E-state index contributed by atoms with van der Waals surface area (Å²) in [5, 5.41) is 11.2. The van der Waals surface area contributed by atoms with E-state index in [9.17, 15) is 23.5 Å². The molecule has 0 aromatic heterocycles. The van der Waals surface area contributed by atoms with E-state index in [1.807, 2.05) is 0 Å². The number of aliphatic hydroxyl groups is 1. The Hall–Kier alpha value is -3.38. The van der Waals surface area contributed by atoms with Crippen LogP contribution in [0.3, 0.4) is 0 Å². The molecule has 6 heteroatoms. The minimum absolute atomic E-state index is 0.115. The molecule has 0 fully saturated rings. The van der Waals surface area contributed by atoms with Crippen LogP contribution in [0.15, 0.2) is 78.9 Å². The maximum absolute atomic E-state index is 13.8. The van der Waals surface area contributed by atoms with E-state index in [0.29, 0.717) is 11.8 Å². The molecule has 1 atom stereocenters. The summed E-state index contributed by atoms with van der Waals surface area (Å²) >= 11 is 0. The van der Waals surface area contributed by atoms with Crippen molar-refractivity contribution in [1.82, 2.24) is 0 Å². The minimum atomic E-state index is -2.45. The number of hydrogen-bond acceptors (Lipinski definition) is 4. The molecule has 4 nitrogen and oxygen atoms in total. The van der Waals surface area contributed by atoms with Gasteiger partial charge in [0.15, 0.2) is 0 Å². The van der Waals surface area contributed by atoms with Gasteiger partial charge in [0.2, 0.25) is 5.60 Å². The quantitative estimate of drug-likeness (QED) is 0.488. The molecule has 0 spiro atoms. The fraction of sp³-hybridized carbons (Fsp3) is 0.130. The lowest BCUT2D eigenvalue weighted by molar-refractivity contribution is -0.162. The highest BCUT2D eigenvalue weighted by Gasteiger charge is 2.42. The fourth-order valence-electron chi connectivity index (χ4n) is 3.01. The Morgan fingerprint density at radius 3 is 1.97 bits per heavy atom. The molecule has 0 aliphatic carbocycles. The Kier molecular flexibility index (Phi) is 6.14. The van der Waals surface area contributed by atoms with Crippen LogP contribution in [0.4, 0.5) is 8.78 Å². The SMILES string of the molecule is O=CC(COC(=O)C(O)(c1cccc(F)c1)c1cccc(F)c1)c1ccccc1. The average Bonchev–Trinajstić information content (AvgIpc) is 2.74. The molecular formula is C23H18F2O4. The maximum Gasteiger partial charge on any atom is 0.347 e. The summed E-state index contributed by atoms with van der Waals surface area (Å²) in [7, 11) is 0. The van der Waals surface area contributed by atoms with Crippen LogP contribution in [-0.4, -0.2) is 24.0 Å². The smallest absolute Gasteiger partial charge is 0.347 e. The zero-order chi connectivity index (χ0) is 20.9. The molecule has 0 saturated carbocycles. The summed E-state index contributed by atoms with van der Waals surface area (Å²) in [5.74, 6) is -3.25. The Morgan fingerprint density at radius 1 is 0.931 bits per heavy atom. The second-order valence-corrected chi connectivity index (χ2v) is 6.48. The molecule has 3 rings (SSSR count). The summed E-state index contributed by atoms with van der Waals surface area (Å²) in [6.07, 6.45) is 0.631. The van der Waals surface area contributed by atoms with Crippen molar-refractivity contribution in [2.45, 2.75) is 11.5 Å². The van der Waals surface area contributed by atoms with Crippen molar-refractivity contribution in [2.75, 3.05) is 6.61 Å². The molecule has 148 valence electrons. The van der Waals surface area contributed by atoms with Crippen molar-refractivity contribution >= 4 is 12.3 Å². The predicted molar refractivity (Wildman–Crippen MR) is 102 cm³/mol. The second kappa shape index (κ2) is 8.75. The van der Waals surface area contributed by atoms with Gasteiger partial charge < -0.3 is 14.6 Å². The van der Waals surface area contributed by atoms with Crippen molar-refractivity contribution in [3.63, 3.8) is 0 Å².